The summed E-state index contributed by atoms with van der Waals surface area (Å²) < 4.78 is 5.46. The minimum Gasteiger partial charge on any atom is -0.380 e. The van der Waals surface area contributed by atoms with E-state index in [1.165, 1.54) is 19.3 Å². The molecule has 2 aliphatic rings. The van der Waals surface area contributed by atoms with E-state index >= 15 is 0 Å². The zero-order valence-electron chi connectivity index (χ0n) is 13.3. The van der Waals surface area contributed by atoms with Gasteiger partial charge < -0.3 is 10.1 Å². The molecule has 0 saturated carbocycles. The zero-order chi connectivity index (χ0) is 14.6. The molecule has 4 nitrogen and oxygen atoms in total. The number of nitrogens with one attached hydrogen (secondary N) is 1. The molecule has 0 aromatic carbocycles. The summed E-state index contributed by atoms with van der Waals surface area (Å²) in [4.78, 5) is 14.4. The van der Waals surface area contributed by atoms with Crippen LogP contribution in [0.15, 0.2) is 0 Å². The molecule has 0 spiro atoms. The van der Waals surface area contributed by atoms with Crippen LogP contribution in [0.5, 0.6) is 0 Å². The maximum atomic E-state index is 11.8. The number of piperidine rings is 1. The van der Waals surface area contributed by atoms with Crippen LogP contribution < -0.4 is 5.32 Å². The van der Waals surface area contributed by atoms with E-state index in [0.717, 1.165) is 32.8 Å². The number of carbonyl (C=O) groups is 1. The molecule has 0 aromatic rings. The van der Waals surface area contributed by atoms with Gasteiger partial charge in [-0.15, -0.1) is 0 Å². The van der Waals surface area contributed by atoms with E-state index in [-0.39, 0.29) is 11.3 Å². The van der Waals surface area contributed by atoms with Gasteiger partial charge in [-0.1, -0.05) is 20.8 Å². The van der Waals surface area contributed by atoms with Gasteiger partial charge in [-0.25, -0.2) is 0 Å². The van der Waals surface area contributed by atoms with Crippen LogP contribution in [-0.4, -0.2) is 49.7 Å². The molecule has 0 radical (unpaired) electrons. The van der Waals surface area contributed by atoms with Crippen LogP contribution in [0.2, 0.25) is 0 Å². The number of hydrogen-bond donors (Lipinski definition) is 1. The Hall–Kier alpha value is -0.610. The summed E-state index contributed by atoms with van der Waals surface area (Å²) in [5.41, 5.74) is 0.0793. The van der Waals surface area contributed by atoms with Crippen LogP contribution in [-0.2, 0) is 9.53 Å². The van der Waals surface area contributed by atoms with Crippen molar-refractivity contribution >= 4 is 5.91 Å². The lowest BCUT2D eigenvalue weighted by Gasteiger charge is -2.35. The molecular formula is C16H30N2O2. The molecule has 116 valence electrons. The van der Waals surface area contributed by atoms with Gasteiger partial charge in [0.05, 0.1) is 6.61 Å². The number of nitrogens with zero attached hydrogens (tertiary/aromatic N) is 1. The molecule has 2 saturated heterocycles. The second-order valence-electron chi connectivity index (χ2n) is 7.54. The molecule has 0 bridgehead atoms. The minimum absolute atomic E-state index is 0.0793. The fraction of sp³-hybridized carbons (Fsp3) is 0.938. The van der Waals surface area contributed by atoms with Crippen LogP contribution in [0.4, 0.5) is 0 Å². The van der Waals surface area contributed by atoms with Crippen molar-refractivity contribution in [3.63, 3.8) is 0 Å². The highest BCUT2D eigenvalue weighted by atomic mass is 16.5. The maximum absolute atomic E-state index is 11.8. The Morgan fingerprint density at radius 1 is 1.25 bits per heavy atom. The molecule has 4 heteroatoms. The topological polar surface area (TPSA) is 41.6 Å². The second kappa shape index (κ2) is 6.90. The number of likely N-dealkylation sites (tertiary alicyclic amines) is 1. The maximum Gasteiger partial charge on any atom is 0.220 e. The number of rotatable bonds is 4. The van der Waals surface area contributed by atoms with Crippen molar-refractivity contribution in [3.05, 3.63) is 0 Å². The lowest BCUT2D eigenvalue weighted by molar-refractivity contribution is -0.123. The quantitative estimate of drug-likeness (QED) is 0.858. The van der Waals surface area contributed by atoms with E-state index in [1.807, 2.05) is 0 Å². The SMILES string of the molecule is CC(C)(C)CC(=O)NCC1CCN([C@H]2CCOC2)CC1. The van der Waals surface area contributed by atoms with Gasteiger partial charge in [0.15, 0.2) is 0 Å². The summed E-state index contributed by atoms with van der Waals surface area (Å²) in [6.45, 7) is 11.3. The summed E-state index contributed by atoms with van der Waals surface area (Å²) in [5, 5.41) is 3.11. The summed E-state index contributed by atoms with van der Waals surface area (Å²) in [6.07, 6.45) is 4.21. The van der Waals surface area contributed by atoms with Gasteiger partial charge in [-0.05, 0) is 43.7 Å². The van der Waals surface area contributed by atoms with Gasteiger partial charge in [0.1, 0.15) is 0 Å². The van der Waals surface area contributed by atoms with Gasteiger partial charge in [-0.3, -0.25) is 9.69 Å². The molecule has 1 amide bonds. The number of carbonyl (C=O) groups excluding carboxylic acids is 1. The smallest absolute Gasteiger partial charge is 0.220 e. The Bertz CT molecular complexity index is 311. The molecule has 1 N–H and O–H groups in total. The van der Waals surface area contributed by atoms with E-state index in [0.29, 0.717) is 18.4 Å². The molecule has 1 atom stereocenters. The first-order valence-electron chi connectivity index (χ1n) is 8.02. The van der Waals surface area contributed by atoms with Crippen molar-refractivity contribution in [2.24, 2.45) is 11.3 Å². The Kier molecular flexibility index (Phi) is 5.44. The summed E-state index contributed by atoms with van der Waals surface area (Å²) in [7, 11) is 0. The standard InChI is InChI=1S/C16H30N2O2/c1-16(2,3)10-15(19)17-11-13-4-7-18(8-5-13)14-6-9-20-12-14/h13-14H,4-12H2,1-3H3,(H,17,19)/t14-/m0/s1. The highest BCUT2D eigenvalue weighted by Crippen LogP contribution is 2.22. The molecule has 0 aliphatic carbocycles. The average Bonchev–Trinajstić information content (AvgIpc) is 2.89. The van der Waals surface area contributed by atoms with Gasteiger partial charge >= 0.3 is 0 Å². The largest absolute Gasteiger partial charge is 0.380 e. The van der Waals surface area contributed by atoms with Gasteiger partial charge in [0.2, 0.25) is 5.91 Å². The molecular weight excluding hydrogens is 252 g/mol. The van der Waals surface area contributed by atoms with Crippen LogP contribution >= 0.6 is 0 Å². The van der Waals surface area contributed by atoms with Crippen molar-refractivity contribution < 1.29 is 9.53 Å². The second-order valence-corrected chi connectivity index (χ2v) is 7.54. The third-order valence-corrected chi connectivity index (χ3v) is 4.35. The van der Waals surface area contributed by atoms with Gasteiger partial charge in [0.25, 0.3) is 0 Å². The van der Waals surface area contributed by atoms with E-state index in [2.05, 4.69) is 31.0 Å². The predicted molar refractivity (Wildman–Crippen MR) is 80.6 cm³/mol. The van der Waals surface area contributed by atoms with Crippen LogP contribution in [0.1, 0.15) is 46.5 Å². The highest BCUT2D eigenvalue weighted by Gasteiger charge is 2.27. The van der Waals surface area contributed by atoms with Crippen molar-refractivity contribution in [2.45, 2.75) is 52.5 Å². The number of hydrogen-bond acceptors (Lipinski definition) is 3. The Balaban J connectivity index is 1.63. The zero-order valence-corrected chi connectivity index (χ0v) is 13.3. The van der Waals surface area contributed by atoms with E-state index in [1.54, 1.807) is 0 Å². The summed E-state index contributed by atoms with van der Waals surface area (Å²) in [5.74, 6) is 0.849. The van der Waals surface area contributed by atoms with E-state index in [4.69, 9.17) is 4.74 Å². The molecule has 2 heterocycles. The fourth-order valence-electron chi connectivity index (χ4n) is 3.13. The fourth-order valence-corrected chi connectivity index (χ4v) is 3.13. The van der Waals surface area contributed by atoms with Gasteiger partial charge in [-0.2, -0.15) is 0 Å². The Labute approximate surface area is 123 Å². The molecule has 0 unspecified atom stereocenters. The Morgan fingerprint density at radius 3 is 2.50 bits per heavy atom. The van der Waals surface area contributed by atoms with Crippen molar-refractivity contribution in [3.8, 4) is 0 Å². The Morgan fingerprint density at radius 2 is 1.95 bits per heavy atom. The van der Waals surface area contributed by atoms with E-state index < -0.39 is 0 Å². The first kappa shape index (κ1) is 15.8. The monoisotopic (exact) mass is 282 g/mol. The first-order valence-corrected chi connectivity index (χ1v) is 8.02. The van der Waals surface area contributed by atoms with Crippen LogP contribution in [0.25, 0.3) is 0 Å². The third-order valence-electron chi connectivity index (χ3n) is 4.35. The van der Waals surface area contributed by atoms with Crippen LogP contribution in [0, 0.1) is 11.3 Å². The lowest BCUT2D eigenvalue weighted by Crippen LogP contribution is -2.44. The molecule has 20 heavy (non-hydrogen) atoms. The minimum atomic E-state index is 0.0793. The molecule has 2 aliphatic heterocycles. The molecule has 2 rings (SSSR count). The third kappa shape index (κ3) is 5.06. The van der Waals surface area contributed by atoms with Crippen molar-refractivity contribution in [2.75, 3.05) is 32.8 Å². The highest BCUT2D eigenvalue weighted by molar-refractivity contribution is 5.76. The van der Waals surface area contributed by atoms with Crippen molar-refractivity contribution in [1.82, 2.24) is 10.2 Å². The predicted octanol–water partition coefficient (Wildman–Crippen LogP) is 2.04. The first-order chi connectivity index (χ1) is 9.44. The van der Waals surface area contributed by atoms with Crippen LogP contribution in [0.3, 0.4) is 0 Å². The average molecular weight is 282 g/mol. The van der Waals surface area contributed by atoms with E-state index in [9.17, 15) is 4.79 Å². The lowest BCUT2D eigenvalue weighted by atomic mass is 9.91. The van der Waals surface area contributed by atoms with Crippen molar-refractivity contribution in [1.29, 1.82) is 0 Å². The normalized spacial score (nSPS) is 25.9. The number of ether oxygens (including phenoxy) is 1. The molecule has 2 fully saturated rings. The summed E-state index contributed by atoms with van der Waals surface area (Å²) in [6, 6.07) is 0.645. The number of amides is 1. The van der Waals surface area contributed by atoms with Gasteiger partial charge in [0, 0.05) is 25.6 Å². The summed E-state index contributed by atoms with van der Waals surface area (Å²) >= 11 is 0. The molecule has 0 aromatic heterocycles.